The standard InChI is InChI=1S/C25H25Cl2NO5S2/c1-31-21-13-16(10-11-20(21)33-15-17-18(26)7-6-8-19(17)27)14-22-24(30)28(25(34)35-22)12-5-3-4-9-23(29)32-2/h6-8,10-11,13-14H,3-5,9,12,15H2,1-2H3/b22-14-. The Balaban J connectivity index is 1.63. The number of nitrogens with zero attached hydrogens (tertiary/aromatic N) is 1. The van der Waals surface area contributed by atoms with E-state index in [0.717, 1.165) is 18.4 Å². The fourth-order valence-electron chi connectivity index (χ4n) is 3.38. The van der Waals surface area contributed by atoms with Crippen molar-refractivity contribution in [3.8, 4) is 11.5 Å². The molecule has 10 heteroatoms. The van der Waals surface area contributed by atoms with Gasteiger partial charge in [0.15, 0.2) is 11.5 Å². The van der Waals surface area contributed by atoms with Crippen molar-refractivity contribution in [1.82, 2.24) is 4.90 Å². The first-order valence-corrected chi connectivity index (χ1v) is 12.9. The van der Waals surface area contributed by atoms with Gasteiger partial charge >= 0.3 is 5.97 Å². The summed E-state index contributed by atoms with van der Waals surface area (Å²) >= 11 is 19.1. The van der Waals surface area contributed by atoms with Gasteiger partial charge in [-0.1, -0.05) is 65.7 Å². The molecule has 1 aliphatic heterocycles. The molecule has 0 N–H and O–H groups in total. The topological polar surface area (TPSA) is 65.1 Å². The second kappa shape index (κ2) is 13.2. The van der Waals surface area contributed by atoms with Gasteiger partial charge in [-0.25, -0.2) is 0 Å². The molecule has 0 aliphatic carbocycles. The average molecular weight is 555 g/mol. The molecule has 3 rings (SSSR count). The Bertz CT molecular complexity index is 1120. The summed E-state index contributed by atoms with van der Waals surface area (Å²) in [7, 11) is 2.93. The van der Waals surface area contributed by atoms with E-state index in [1.807, 2.05) is 6.07 Å². The fraction of sp³-hybridized carbons (Fsp3) is 0.320. The van der Waals surface area contributed by atoms with Gasteiger partial charge in [0.25, 0.3) is 5.91 Å². The largest absolute Gasteiger partial charge is 0.493 e. The van der Waals surface area contributed by atoms with Crippen molar-refractivity contribution in [2.24, 2.45) is 0 Å². The number of amides is 1. The van der Waals surface area contributed by atoms with Crippen molar-refractivity contribution in [1.29, 1.82) is 0 Å². The normalized spacial score (nSPS) is 14.5. The number of hydrogen-bond acceptors (Lipinski definition) is 7. The Hall–Kier alpha value is -2.26. The van der Waals surface area contributed by atoms with E-state index in [2.05, 4.69) is 4.74 Å². The SMILES string of the molecule is COC(=O)CCCCCN1C(=O)/C(=C/c2ccc(OCc3c(Cl)cccc3Cl)c(OC)c2)SC1=S. The summed E-state index contributed by atoms with van der Waals surface area (Å²) in [5.74, 6) is 0.696. The number of esters is 1. The number of benzene rings is 2. The highest BCUT2D eigenvalue weighted by Gasteiger charge is 2.31. The van der Waals surface area contributed by atoms with E-state index in [1.54, 1.807) is 48.4 Å². The molecule has 0 unspecified atom stereocenters. The van der Waals surface area contributed by atoms with Crippen LogP contribution in [0, 0.1) is 0 Å². The lowest BCUT2D eigenvalue weighted by Crippen LogP contribution is -2.29. The van der Waals surface area contributed by atoms with Gasteiger partial charge in [0, 0.05) is 28.6 Å². The number of unbranched alkanes of at least 4 members (excludes halogenated alkanes) is 2. The first kappa shape index (κ1) is 27.3. The molecule has 1 saturated heterocycles. The highest BCUT2D eigenvalue weighted by molar-refractivity contribution is 8.26. The minimum Gasteiger partial charge on any atom is -0.493 e. The van der Waals surface area contributed by atoms with Crippen LogP contribution in [0.3, 0.4) is 0 Å². The second-order valence-corrected chi connectivity index (χ2v) is 10.1. The lowest BCUT2D eigenvalue weighted by Gasteiger charge is -2.14. The third-order valence-corrected chi connectivity index (χ3v) is 7.37. The summed E-state index contributed by atoms with van der Waals surface area (Å²) in [6.07, 6.45) is 4.44. The number of ether oxygens (including phenoxy) is 3. The molecule has 1 fully saturated rings. The molecule has 0 spiro atoms. The number of hydrogen-bond donors (Lipinski definition) is 0. The van der Waals surface area contributed by atoms with Crippen LogP contribution in [0.1, 0.15) is 36.8 Å². The molecule has 1 amide bonds. The molecule has 2 aromatic carbocycles. The molecule has 0 saturated carbocycles. The van der Waals surface area contributed by atoms with Crippen LogP contribution < -0.4 is 9.47 Å². The number of thiocarbonyl (C=S) groups is 1. The Morgan fingerprint density at radius 1 is 1.09 bits per heavy atom. The first-order valence-electron chi connectivity index (χ1n) is 10.9. The van der Waals surface area contributed by atoms with Crippen LogP contribution in [-0.4, -0.2) is 41.9 Å². The Labute approximate surface area is 224 Å². The number of halogens is 2. The third-order valence-electron chi connectivity index (χ3n) is 5.28. The zero-order chi connectivity index (χ0) is 25.4. The van der Waals surface area contributed by atoms with Gasteiger partial charge in [-0.05, 0) is 48.7 Å². The molecule has 35 heavy (non-hydrogen) atoms. The lowest BCUT2D eigenvalue weighted by atomic mass is 10.1. The maximum Gasteiger partial charge on any atom is 0.305 e. The molecule has 6 nitrogen and oxygen atoms in total. The summed E-state index contributed by atoms with van der Waals surface area (Å²) in [6.45, 7) is 0.705. The summed E-state index contributed by atoms with van der Waals surface area (Å²) in [5, 5.41) is 1.05. The monoisotopic (exact) mass is 553 g/mol. The molecule has 186 valence electrons. The molecule has 1 aliphatic rings. The average Bonchev–Trinajstić information content (AvgIpc) is 3.11. The maximum atomic E-state index is 12.9. The van der Waals surface area contributed by atoms with Gasteiger partial charge in [0.1, 0.15) is 10.9 Å². The van der Waals surface area contributed by atoms with Crippen molar-refractivity contribution >= 4 is 69.5 Å². The van der Waals surface area contributed by atoms with Gasteiger partial charge in [0.2, 0.25) is 0 Å². The summed E-state index contributed by atoms with van der Waals surface area (Å²) in [6, 6.07) is 10.7. The number of thioether (sulfide) groups is 1. The molecule has 0 atom stereocenters. The van der Waals surface area contributed by atoms with Gasteiger partial charge in [-0.2, -0.15) is 0 Å². The molecule has 2 aromatic rings. The molecular weight excluding hydrogens is 529 g/mol. The van der Waals surface area contributed by atoms with E-state index in [9.17, 15) is 9.59 Å². The predicted molar refractivity (Wildman–Crippen MR) is 144 cm³/mol. The van der Waals surface area contributed by atoms with Crippen LogP contribution in [0.15, 0.2) is 41.3 Å². The molecule has 0 radical (unpaired) electrons. The molecule has 1 heterocycles. The molecular formula is C25H25Cl2NO5S2. The van der Waals surface area contributed by atoms with Gasteiger partial charge in [-0.3, -0.25) is 14.5 Å². The highest BCUT2D eigenvalue weighted by Crippen LogP contribution is 2.35. The zero-order valence-corrected chi connectivity index (χ0v) is 22.5. The Morgan fingerprint density at radius 3 is 2.51 bits per heavy atom. The van der Waals surface area contributed by atoms with Crippen molar-refractivity contribution in [2.75, 3.05) is 20.8 Å². The van der Waals surface area contributed by atoms with E-state index in [0.29, 0.717) is 55.7 Å². The van der Waals surface area contributed by atoms with Crippen molar-refractivity contribution in [2.45, 2.75) is 32.3 Å². The summed E-state index contributed by atoms with van der Waals surface area (Å²) in [4.78, 5) is 26.2. The fourth-order valence-corrected chi connectivity index (χ4v) is 5.19. The van der Waals surface area contributed by atoms with Crippen LogP contribution in [0.2, 0.25) is 10.0 Å². The van der Waals surface area contributed by atoms with Crippen LogP contribution in [0.25, 0.3) is 6.08 Å². The van der Waals surface area contributed by atoms with Crippen molar-refractivity contribution < 1.29 is 23.8 Å². The van der Waals surface area contributed by atoms with Crippen LogP contribution in [0.4, 0.5) is 0 Å². The van der Waals surface area contributed by atoms with Crippen LogP contribution in [-0.2, 0) is 20.9 Å². The quantitative estimate of drug-likeness (QED) is 0.136. The summed E-state index contributed by atoms with van der Waals surface area (Å²) < 4.78 is 16.6. The van der Waals surface area contributed by atoms with E-state index in [4.69, 9.17) is 44.9 Å². The zero-order valence-electron chi connectivity index (χ0n) is 19.3. The first-order chi connectivity index (χ1) is 16.8. The Kier molecular flexibility index (Phi) is 10.3. The van der Waals surface area contributed by atoms with Crippen LogP contribution in [0.5, 0.6) is 11.5 Å². The molecule has 0 bridgehead atoms. The minimum absolute atomic E-state index is 0.124. The van der Waals surface area contributed by atoms with Gasteiger partial charge in [-0.15, -0.1) is 0 Å². The molecule has 0 aromatic heterocycles. The number of carbonyl (C=O) groups is 2. The second-order valence-electron chi connectivity index (χ2n) is 7.62. The van der Waals surface area contributed by atoms with E-state index in [-0.39, 0.29) is 18.5 Å². The number of rotatable bonds is 11. The van der Waals surface area contributed by atoms with E-state index in [1.165, 1.54) is 18.9 Å². The predicted octanol–water partition coefficient (Wildman–Crippen LogP) is 6.52. The lowest BCUT2D eigenvalue weighted by molar-refractivity contribution is -0.140. The van der Waals surface area contributed by atoms with E-state index < -0.39 is 0 Å². The van der Waals surface area contributed by atoms with Crippen LogP contribution >= 0.6 is 47.2 Å². The maximum absolute atomic E-state index is 12.9. The summed E-state index contributed by atoms with van der Waals surface area (Å²) in [5.41, 5.74) is 1.47. The highest BCUT2D eigenvalue weighted by atomic mass is 35.5. The van der Waals surface area contributed by atoms with E-state index >= 15 is 0 Å². The van der Waals surface area contributed by atoms with Gasteiger partial charge in [0.05, 0.1) is 19.1 Å². The minimum atomic E-state index is -0.224. The van der Waals surface area contributed by atoms with Crippen molar-refractivity contribution in [3.05, 3.63) is 62.5 Å². The number of methoxy groups -OCH3 is 2. The van der Waals surface area contributed by atoms with Gasteiger partial charge < -0.3 is 14.2 Å². The Morgan fingerprint density at radius 2 is 1.83 bits per heavy atom. The number of carbonyl (C=O) groups excluding carboxylic acids is 2. The smallest absolute Gasteiger partial charge is 0.305 e. The van der Waals surface area contributed by atoms with Crippen molar-refractivity contribution in [3.63, 3.8) is 0 Å². The third kappa shape index (κ3) is 7.36.